The van der Waals surface area contributed by atoms with Crippen LogP contribution in [0.3, 0.4) is 0 Å². The summed E-state index contributed by atoms with van der Waals surface area (Å²) in [5.74, 6) is 1.02. The van der Waals surface area contributed by atoms with E-state index in [1.54, 1.807) is 31.1 Å². The summed E-state index contributed by atoms with van der Waals surface area (Å²) < 4.78 is 10.7. The van der Waals surface area contributed by atoms with E-state index in [1.807, 2.05) is 42.5 Å². The average Bonchev–Trinajstić information content (AvgIpc) is 2.72. The highest BCUT2D eigenvalue weighted by molar-refractivity contribution is 5.96. The van der Waals surface area contributed by atoms with E-state index in [2.05, 4.69) is 0 Å². The van der Waals surface area contributed by atoms with Gasteiger partial charge in [-0.25, -0.2) is 0 Å². The molecule has 6 nitrogen and oxygen atoms in total. The number of methoxy groups -OCH3 is 2. The van der Waals surface area contributed by atoms with Gasteiger partial charge in [-0.05, 0) is 35.2 Å². The van der Waals surface area contributed by atoms with Crippen LogP contribution < -0.4 is 9.47 Å². The molecule has 2 aromatic rings. The van der Waals surface area contributed by atoms with Crippen LogP contribution in [-0.4, -0.2) is 49.4 Å². The van der Waals surface area contributed by atoms with Gasteiger partial charge < -0.3 is 19.3 Å². The quantitative estimate of drug-likeness (QED) is 0.721. The smallest absolute Gasteiger partial charge is 0.232 e. The second-order valence-electron chi connectivity index (χ2n) is 6.95. The van der Waals surface area contributed by atoms with Crippen molar-refractivity contribution >= 4 is 11.8 Å². The molecule has 0 saturated carbocycles. The first kappa shape index (κ1) is 19.7. The number of hydrogen-bond donors (Lipinski definition) is 0. The Morgan fingerprint density at radius 2 is 1.68 bits per heavy atom. The van der Waals surface area contributed by atoms with Crippen LogP contribution in [0.2, 0.25) is 0 Å². The maximum Gasteiger partial charge on any atom is 0.232 e. The van der Waals surface area contributed by atoms with Crippen molar-refractivity contribution in [2.24, 2.45) is 0 Å². The molecule has 6 heteroatoms. The molecule has 0 atom stereocenters. The Labute approximate surface area is 165 Å². The van der Waals surface area contributed by atoms with Gasteiger partial charge in [-0.1, -0.05) is 30.3 Å². The van der Waals surface area contributed by atoms with E-state index in [1.165, 1.54) is 0 Å². The van der Waals surface area contributed by atoms with Crippen LogP contribution in [-0.2, 0) is 29.1 Å². The fourth-order valence-corrected chi connectivity index (χ4v) is 3.42. The monoisotopic (exact) mass is 382 g/mol. The molecule has 0 radical (unpaired) electrons. The lowest BCUT2D eigenvalue weighted by molar-refractivity contribution is -0.140. The summed E-state index contributed by atoms with van der Waals surface area (Å²) in [4.78, 5) is 28.5. The van der Waals surface area contributed by atoms with Gasteiger partial charge in [-0.15, -0.1) is 0 Å². The summed E-state index contributed by atoms with van der Waals surface area (Å²) >= 11 is 0. The molecule has 0 saturated heterocycles. The molecular formula is C22H26N2O4. The Balaban J connectivity index is 1.62. The Bertz CT molecular complexity index is 851. The van der Waals surface area contributed by atoms with Crippen LogP contribution in [0.1, 0.15) is 23.1 Å². The van der Waals surface area contributed by atoms with Gasteiger partial charge in [-0.3, -0.25) is 9.59 Å². The molecule has 28 heavy (non-hydrogen) atoms. The predicted molar refractivity (Wildman–Crippen MR) is 106 cm³/mol. The highest BCUT2D eigenvalue weighted by Crippen LogP contribution is 2.33. The van der Waals surface area contributed by atoms with Crippen LogP contribution in [0, 0.1) is 0 Å². The van der Waals surface area contributed by atoms with E-state index in [0.29, 0.717) is 31.1 Å². The number of ether oxygens (including phenoxy) is 2. The second kappa shape index (κ2) is 8.78. The SMILES string of the molecule is COc1cc2c(cc1OC)CN(C(=O)CC(=O)N(C)Cc1ccccc1)CC2. The fourth-order valence-electron chi connectivity index (χ4n) is 3.42. The van der Waals surface area contributed by atoms with E-state index in [0.717, 1.165) is 23.1 Å². The maximum absolute atomic E-state index is 12.7. The first-order chi connectivity index (χ1) is 13.5. The summed E-state index contributed by atoms with van der Waals surface area (Å²) in [6, 6.07) is 13.6. The summed E-state index contributed by atoms with van der Waals surface area (Å²) in [5, 5.41) is 0. The van der Waals surface area contributed by atoms with Crippen molar-refractivity contribution < 1.29 is 19.1 Å². The molecule has 0 N–H and O–H groups in total. The van der Waals surface area contributed by atoms with Gasteiger partial charge in [0.2, 0.25) is 11.8 Å². The topological polar surface area (TPSA) is 59.1 Å². The van der Waals surface area contributed by atoms with E-state index < -0.39 is 0 Å². The number of amides is 2. The molecule has 3 rings (SSSR count). The van der Waals surface area contributed by atoms with Gasteiger partial charge >= 0.3 is 0 Å². The third-order valence-corrected chi connectivity index (χ3v) is 5.06. The van der Waals surface area contributed by atoms with Gasteiger partial charge in [0.25, 0.3) is 0 Å². The van der Waals surface area contributed by atoms with E-state index in [4.69, 9.17) is 9.47 Å². The molecule has 0 bridgehead atoms. The highest BCUT2D eigenvalue weighted by atomic mass is 16.5. The van der Waals surface area contributed by atoms with Crippen molar-refractivity contribution in [2.75, 3.05) is 27.8 Å². The summed E-state index contributed by atoms with van der Waals surface area (Å²) in [6.07, 6.45) is 0.613. The van der Waals surface area contributed by atoms with Crippen molar-refractivity contribution in [1.29, 1.82) is 0 Å². The number of benzene rings is 2. The number of carbonyl (C=O) groups is 2. The van der Waals surface area contributed by atoms with Crippen molar-refractivity contribution in [3.63, 3.8) is 0 Å². The van der Waals surface area contributed by atoms with Crippen LogP contribution in [0.5, 0.6) is 11.5 Å². The van der Waals surface area contributed by atoms with E-state index in [-0.39, 0.29) is 18.2 Å². The number of fused-ring (bicyclic) bond motifs is 1. The molecule has 148 valence electrons. The van der Waals surface area contributed by atoms with E-state index in [9.17, 15) is 9.59 Å². The second-order valence-corrected chi connectivity index (χ2v) is 6.95. The van der Waals surface area contributed by atoms with Crippen molar-refractivity contribution in [3.05, 3.63) is 59.2 Å². The Hall–Kier alpha value is -3.02. The zero-order chi connectivity index (χ0) is 20.1. The molecular weight excluding hydrogens is 356 g/mol. The summed E-state index contributed by atoms with van der Waals surface area (Å²) in [5.41, 5.74) is 3.22. The van der Waals surface area contributed by atoms with Crippen LogP contribution in [0.25, 0.3) is 0 Å². The third kappa shape index (κ3) is 4.44. The molecule has 1 aliphatic rings. The largest absolute Gasteiger partial charge is 0.493 e. The maximum atomic E-state index is 12.7. The van der Waals surface area contributed by atoms with Gasteiger partial charge in [0.1, 0.15) is 6.42 Å². The number of nitrogens with zero attached hydrogens (tertiary/aromatic N) is 2. The van der Waals surface area contributed by atoms with Gasteiger partial charge in [0.15, 0.2) is 11.5 Å². The van der Waals surface area contributed by atoms with Crippen LogP contribution in [0.15, 0.2) is 42.5 Å². The van der Waals surface area contributed by atoms with E-state index >= 15 is 0 Å². The molecule has 2 aromatic carbocycles. The summed E-state index contributed by atoms with van der Waals surface area (Å²) in [6.45, 7) is 1.56. The number of rotatable bonds is 6. The van der Waals surface area contributed by atoms with Gasteiger partial charge in [-0.2, -0.15) is 0 Å². The average molecular weight is 382 g/mol. The minimum Gasteiger partial charge on any atom is -0.493 e. The van der Waals surface area contributed by atoms with Crippen LogP contribution >= 0.6 is 0 Å². The normalized spacial score (nSPS) is 12.9. The zero-order valence-electron chi connectivity index (χ0n) is 16.6. The van der Waals surface area contributed by atoms with Gasteiger partial charge in [0, 0.05) is 26.7 Å². The lowest BCUT2D eigenvalue weighted by Gasteiger charge is -2.30. The minimum absolute atomic E-state index is 0.119. The third-order valence-electron chi connectivity index (χ3n) is 5.06. The van der Waals surface area contributed by atoms with Crippen LogP contribution in [0.4, 0.5) is 0 Å². The Morgan fingerprint density at radius 1 is 1.04 bits per heavy atom. The standard InChI is InChI=1S/C22H26N2O4/c1-23(14-16-7-5-4-6-8-16)21(25)13-22(26)24-10-9-17-11-19(27-2)20(28-3)12-18(17)15-24/h4-8,11-12H,9-10,13-15H2,1-3H3. The predicted octanol–water partition coefficient (Wildman–Crippen LogP) is 2.64. The molecule has 0 unspecified atom stereocenters. The van der Waals surface area contributed by atoms with Crippen molar-refractivity contribution in [3.8, 4) is 11.5 Å². The molecule has 1 heterocycles. The molecule has 0 aliphatic carbocycles. The molecule has 2 amide bonds. The van der Waals surface area contributed by atoms with Crippen molar-refractivity contribution in [1.82, 2.24) is 9.80 Å². The fraction of sp³-hybridized carbons (Fsp3) is 0.364. The number of carbonyl (C=O) groups excluding carboxylic acids is 2. The van der Waals surface area contributed by atoms with Crippen molar-refractivity contribution in [2.45, 2.75) is 25.9 Å². The lowest BCUT2D eigenvalue weighted by atomic mass is 9.98. The first-order valence-electron chi connectivity index (χ1n) is 9.31. The molecule has 0 fully saturated rings. The van der Waals surface area contributed by atoms with Gasteiger partial charge in [0.05, 0.1) is 14.2 Å². The zero-order valence-corrected chi connectivity index (χ0v) is 16.6. The Kier molecular flexibility index (Phi) is 6.19. The number of hydrogen-bond acceptors (Lipinski definition) is 4. The Morgan fingerprint density at radius 3 is 2.32 bits per heavy atom. The summed E-state index contributed by atoms with van der Waals surface area (Å²) in [7, 11) is 4.93. The lowest BCUT2D eigenvalue weighted by Crippen LogP contribution is -2.39. The molecule has 0 aromatic heterocycles. The highest BCUT2D eigenvalue weighted by Gasteiger charge is 2.25. The molecule has 1 aliphatic heterocycles. The first-order valence-corrected chi connectivity index (χ1v) is 9.31. The minimum atomic E-state index is -0.174. The molecule has 0 spiro atoms.